The molecule has 2 aromatic rings. The van der Waals surface area contributed by atoms with Crippen LogP contribution in [-0.2, 0) is 14.3 Å². The predicted octanol–water partition coefficient (Wildman–Crippen LogP) is 5.29. The van der Waals surface area contributed by atoms with Gasteiger partial charge in [-0.15, -0.1) is 0 Å². The Bertz CT molecular complexity index is 1270. The summed E-state index contributed by atoms with van der Waals surface area (Å²) >= 11 is 2.11. The van der Waals surface area contributed by atoms with E-state index in [2.05, 4.69) is 47.7 Å². The number of phenolic OH excluding ortho intramolecular Hbond substituents is 1. The first-order valence-corrected chi connectivity index (χ1v) is 13.3. The van der Waals surface area contributed by atoms with Crippen LogP contribution in [0.15, 0.2) is 53.6 Å². The van der Waals surface area contributed by atoms with Crippen molar-refractivity contribution < 1.29 is 24.2 Å². The molecule has 2 amide bonds. The third kappa shape index (κ3) is 4.36. The number of amides is 2. The van der Waals surface area contributed by atoms with Gasteiger partial charge in [-0.25, -0.2) is 0 Å². The van der Waals surface area contributed by atoms with Gasteiger partial charge in [0.15, 0.2) is 11.5 Å². The fraction of sp³-hybridized carbons (Fsp3) is 0.379. The fourth-order valence-corrected chi connectivity index (χ4v) is 6.68. The van der Waals surface area contributed by atoms with Gasteiger partial charge < -0.3 is 14.6 Å². The second-order valence-electron chi connectivity index (χ2n) is 9.86. The SMILES string of the molecule is COc1cc(/C=C(/CC[C@H]2OC[C@H]3C2=C(C)C[C@H]2C(=O)N(C)C(=O)[C@H]23)c2ccccc2)cc(I)c1O. The summed E-state index contributed by atoms with van der Waals surface area (Å²) in [5, 5.41) is 10.2. The van der Waals surface area contributed by atoms with Gasteiger partial charge in [0, 0.05) is 13.0 Å². The van der Waals surface area contributed by atoms with E-state index in [1.807, 2.05) is 30.3 Å². The van der Waals surface area contributed by atoms with Crippen LogP contribution in [0.5, 0.6) is 11.5 Å². The molecule has 2 aromatic carbocycles. The number of benzene rings is 2. The van der Waals surface area contributed by atoms with Crippen molar-refractivity contribution in [3.05, 3.63) is 68.3 Å². The number of allylic oxidation sites excluding steroid dienone is 2. The summed E-state index contributed by atoms with van der Waals surface area (Å²) < 4.78 is 12.4. The van der Waals surface area contributed by atoms with Crippen LogP contribution in [0.3, 0.4) is 0 Å². The number of hydrogen-bond donors (Lipinski definition) is 1. The van der Waals surface area contributed by atoms with E-state index in [4.69, 9.17) is 9.47 Å². The van der Waals surface area contributed by atoms with Gasteiger partial charge in [0.05, 0.1) is 35.2 Å². The molecule has 188 valence electrons. The van der Waals surface area contributed by atoms with E-state index < -0.39 is 0 Å². The number of methoxy groups -OCH3 is 1. The molecule has 0 saturated carbocycles. The average molecular weight is 599 g/mol. The maximum atomic E-state index is 12.9. The summed E-state index contributed by atoms with van der Waals surface area (Å²) in [6, 6.07) is 14.0. The van der Waals surface area contributed by atoms with Gasteiger partial charge in [-0.1, -0.05) is 42.0 Å². The number of fused-ring (bicyclic) bond motifs is 3. The molecule has 1 aliphatic carbocycles. The van der Waals surface area contributed by atoms with Crippen LogP contribution in [0, 0.1) is 21.3 Å². The van der Waals surface area contributed by atoms with Crippen molar-refractivity contribution in [1.29, 1.82) is 0 Å². The standard InChI is InChI=1S/C29H30INO5/c1-16-11-20-26(29(34)31(2)28(20)33)21-15-36-23(25(16)21)10-9-19(18-7-5-4-6-8-18)12-17-13-22(30)27(32)24(14-17)35-3/h4-8,12-14,20-21,23,26,32H,9-11,15H2,1-3H3/b19-12-/t20-,21+,23-,26-/m1/s1. The molecule has 0 radical (unpaired) electrons. The second kappa shape index (κ2) is 10.0. The number of carbonyl (C=O) groups excluding carboxylic acids is 2. The van der Waals surface area contributed by atoms with Crippen molar-refractivity contribution in [2.24, 2.45) is 17.8 Å². The van der Waals surface area contributed by atoms with Gasteiger partial charge in [0.1, 0.15) is 0 Å². The Morgan fingerprint density at radius 2 is 1.94 bits per heavy atom. The van der Waals surface area contributed by atoms with Crippen LogP contribution in [-0.4, -0.2) is 48.7 Å². The smallest absolute Gasteiger partial charge is 0.233 e. The molecule has 2 saturated heterocycles. The third-order valence-electron chi connectivity index (χ3n) is 7.80. The van der Waals surface area contributed by atoms with Crippen LogP contribution in [0.25, 0.3) is 11.6 Å². The van der Waals surface area contributed by atoms with Gasteiger partial charge in [-0.3, -0.25) is 14.5 Å². The van der Waals surface area contributed by atoms with E-state index in [-0.39, 0.29) is 41.4 Å². The molecule has 3 aliphatic rings. The normalized spacial score (nSPS) is 25.9. The first-order chi connectivity index (χ1) is 17.3. The first-order valence-electron chi connectivity index (χ1n) is 12.2. The number of hydrogen-bond acceptors (Lipinski definition) is 5. The monoisotopic (exact) mass is 599 g/mol. The highest BCUT2D eigenvalue weighted by Crippen LogP contribution is 2.49. The van der Waals surface area contributed by atoms with Crippen molar-refractivity contribution in [3.63, 3.8) is 0 Å². The molecular weight excluding hydrogens is 569 g/mol. The summed E-state index contributed by atoms with van der Waals surface area (Å²) in [4.78, 5) is 26.8. The van der Waals surface area contributed by atoms with Crippen molar-refractivity contribution in [3.8, 4) is 11.5 Å². The van der Waals surface area contributed by atoms with E-state index in [1.165, 1.54) is 16.0 Å². The Balaban J connectivity index is 1.42. The minimum absolute atomic E-state index is 0.0118. The molecule has 2 fully saturated rings. The molecule has 2 heterocycles. The zero-order valence-corrected chi connectivity index (χ0v) is 22.8. The summed E-state index contributed by atoms with van der Waals surface area (Å²) in [5.41, 5.74) is 5.66. The molecule has 0 bridgehead atoms. The van der Waals surface area contributed by atoms with E-state index >= 15 is 0 Å². The minimum Gasteiger partial charge on any atom is -0.504 e. The van der Waals surface area contributed by atoms with Crippen LogP contribution < -0.4 is 4.74 Å². The molecule has 1 N–H and O–H groups in total. The number of rotatable bonds is 6. The third-order valence-corrected chi connectivity index (χ3v) is 8.63. The summed E-state index contributed by atoms with van der Waals surface area (Å²) in [6.45, 7) is 2.58. The number of halogens is 1. The second-order valence-corrected chi connectivity index (χ2v) is 11.0. The number of carbonyl (C=O) groups is 2. The van der Waals surface area contributed by atoms with Gasteiger partial charge in [0.2, 0.25) is 11.8 Å². The van der Waals surface area contributed by atoms with E-state index in [0.29, 0.717) is 18.8 Å². The maximum Gasteiger partial charge on any atom is 0.233 e. The summed E-state index contributed by atoms with van der Waals surface area (Å²) in [7, 11) is 3.15. The van der Waals surface area contributed by atoms with Crippen molar-refractivity contribution in [1.82, 2.24) is 4.90 Å². The summed E-state index contributed by atoms with van der Waals surface area (Å²) in [6.07, 6.45) is 4.27. The molecule has 2 aliphatic heterocycles. The highest BCUT2D eigenvalue weighted by Gasteiger charge is 2.55. The van der Waals surface area contributed by atoms with Gasteiger partial charge in [-0.05, 0) is 83.2 Å². The molecule has 7 heteroatoms. The van der Waals surface area contributed by atoms with E-state index in [9.17, 15) is 14.7 Å². The van der Waals surface area contributed by atoms with Gasteiger partial charge >= 0.3 is 0 Å². The van der Waals surface area contributed by atoms with E-state index in [1.54, 1.807) is 14.2 Å². The lowest BCUT2D eigenvalue weighted by Gasteiger charge is -2.30. The number of aromatic hydroxyl groups is 1. The Hall–Kier alpha value is -2.65. The lowest BCUT2D eigenvalue weighted by Crippen LogP contribution is -2.33. The topological polar surface area (TPSA) is 76.1 Å². The Labute approximate surface area is 225 Å². The molecule has 4 atom stereocenters. The van der Waals surface area contributed by atoms with Crippen molar-refractivity contribution in [2.45, 2.75) is 32.3 Å². The molecule has 0 unspecified atom stereocenters. The number of imide groups is 1. The largest absolute Gasteiger partial charge is 0.504 e. The average Bonchev–Trinajstić information content (AvgIpc) is 3.40. The number of nitrogens with zero attached hydrogens (tertiary/aromatic N) is 1. The number of likely N-dealkylation sites (tertiary alicyclic amines) is 1. The quantitative estimate of drug-likeness (QED) is 0.211. The van der Waals surface area contributed by atoms with E-state index in [0.717, 1.165) is 33.1 Å². The first kappa shape index (κ1) is 25.0. The summed E-state index contributed by atoms with van der Waals surface area (Å²) in [5.74, 6) is -0.0779. The van der Waals surface area contributed by atoms with Gasteiger partial charge in [-0.2, -0.15) is 0 Å². The molecule has 36 heavy (non-hydrogen) atoms. The van der Waals surface area contributed by atoms with Crippen LogP contribution in [0.1, 0.15) is 37.3 Å². The molecule has 6 nitrogen and oxygen atoms in total. The highest BCUT2D eigenvalue weighted by atomic mass is 127. The van der Waals surface area contributed by atoms with Crippen LogP contribution in [0.4, 0.5) is 0 Å². The number of phenols is 1. The fourth-order valence-electron chi connectivity index (χ4n) is 6.06. The Morgan fingerprint density at radius 3 is 2.67 bits per heavy atom. The lowest BCUT2D eigenvalue weighted by molar-refractivity contribution is -0.138. The highest BCUT2D eigenvalue weighted by molar-refractivity contribution is 14.1. The Morgan fingerprint density at radius 1 is 1.19 bits per heavy atom. The maximum absolute atomic E-state index is 12.9. The molecule has 0 spiro atoms. The molecular formula is C29H30INO5. The minimum atomic E-state index is -0.290. The predicted molar refractivity (Wildman–Crippen MR) is 146 cm³/mol. The molecule has 0 aromatic heterocycles. The van der Waals surface area contributed by atoms with Crippen molar-refractivity contribution >= 4 is 46.1 Å². The van der Waals surface area contributed by atoms with Gasteiger partial charge in [0.25, 0.3) is 0 Å². The van der Waals surface area contributed by atoms with Crippen LogP contribution >= 0.6 is 22.6 Å². The zero-order chi connectivity index (χ0) is 25.6. The van der Waals surface area contributed by atoms with Crippen molar-refractivity contribution in [2.75, 3.05) is 20.8 Å². The Kier molecular flexibility index (Phi) is 6.96. The molecule has 5 rings (SSSR count). The zero-order valence-electron chi connectivity index (χ0n) is 20.7. The van der Waals surface area contributed by atoms with Crippen LogP contribution in [0.2, 0.25) is 0 Å². The number of ether oxygens (including phenoxy) is 2. The lowest BCUT2D eigenvalue weighted by atomic mass is 9.70.